The van der Waals surface area contributed by atoms with Gasteiger partial charge in [0.2, 0.25) is 0 Å². The molecule has 0 radical (unpaired) electrons. The van der Waals surface area contributed by atoms with E-state index in [1.165, 1.54) is 5.56 Å². The van der Waals surface area contributed by atoms with E-state index >= 15 is 0 Å². The zero-order chi connectivity index (χ0) is 14.3. The van der Waals surface area contributed by atoms with Crippen LogP contribution in [0.2, 0.25) is 0 Å². The lowest BCUT2D eigenvalue weighted by Gasteiger charge is -2.21. The first-order valence-corrected chi connectivity index (χ1v) is 8.05. The molecule has 0 aliphatic carbocycles. The van der Waals surface area contributed by atoms with Gasteiger partial charge in [-0.15, -0.1) is 0 Å². The molecule has 0 saturated heterocycles. The second kappa shape index (κ2) is 7.59. The summed E-state index contributed by atoms with van der Waals surface area (Å²) in [6.07, 6.45) is -0.0919. The summed E-state index contributed by atoms with van der Waals surface area (Å²) >= 11 is 0. The molecule has 0 amide bonds. The van der Waals surface area contributed by atoms with Crippen LogP contribution in [0, 0.1) is 0 Å². The van der Waals surface area contributed by atoms with Crippen molar-refractivity contribution in [2.45, 2.75) is 26.2 Å². The minimum atomic E-state index is -3.61. The Morgan fingerprint density at radius 3 is 2.47 bits per heavy atom. The molecule has 5 nitrogen and oxygen atoms in total. The second-order valence-corrected chi connectivity index (χ2v) is 6.00. The van der Waals surface area contributed by atoms with E-state index in [4.69, 9.17) is 0 Å². The lowest BCUT2D eigenvalue weighted by Crippen LogP contribution is -2.28. The highest BCUT2D eigenvalue weighted by molar-refractivity contribution is 7.86. The SMILES string of the molecule is CCN(CCC(O)OS(C)(=O)=O)Cc1ccccc1. The molecule has 1 unspecified atom stereocenters. The van der Waals surface area contributed by atoms with Gasteiger partial charge in [-0.3, -0.25) is 4.90 Å². The quantitative estimate of drug-likeness (QED) is 0.575. The molecule has 0 aliphatic heterocycles. The zero-order valence-corrected chi connectivity index (χ0v) is 12.1. The number of nitrogens with zero attached hydrogens (tertiary/aromatic N) is 1. The number of aliphatic hydroxyl groups is 1. The van der Waals surface area contributed by atoms with Crippen LogP contribution < -0.4 is 0 Å². The van der Waals surface area contributed by atoms with E-state index in [0.717, 1.165) is 19.3 Å². The monoisotopic (exact) mass is 287 g/mol. The summed E-state index contributed by atoms with van der Waals surface area (Å²) in [5.41, 5.74) is 1.18. The molecule has 1 aromatic carbocycles. The fourth-order valence-electron chi connectivity index (χ4n) is 1.73. The van der Waals surface area contributed by atoms with Gasteiger partial charge in [0.05, 0.1) is 6.26 Å². The Bertz CT molecular complexity index is 461. The van der Waals surface area contributed by atoms with Crippen LogP contribution in [0.15, 0.2) is 30.3 Å². The van der Waals surface area contributed by atoms with Crippen molar-refractivity contribution < 1.29 is 17.7 Å². The number of benzene rings is 1. The van der Waals surface area contributed by atoms with E-state index in [2.05, 4.69) is 9.08 Å². The lowest BCUT2D eigenvalue weighted by molar-refractivity contribution is -0.0233. The molecular weight excluding hydrogens is 266 g/mol. The van der Waals surface area contributed by atoms with E-state index in [9.17, 15) is 13.5 Å². The maximum absolute atomic E-state index is 10.9. The Hall–Kier alpha value is -0.950. The predicted octanol–water partition coefficient (Wildman–Crippen LogP) is 1.19. The first-order chi connectivity index (χ1) is 8.90. The Kier molecular flexibility index (Phi) is 6.44. The first-order valence-electron chi connectivity index (χ1n) is 6.23. The highest BCUT2D eigenvalue weighted by atomic mass is 32.2. The highest BCUT2D eigenvalue weighted by Gasteiger charge is 2.13. The third-order valence-corrected chi connectivity index (χ3v) is 3.25. The Morgan fingerprint density at radius 1 is 1.32 bits per heavy atom. The Labute approximate surface area is 114 Å². The third-order valence-electron chi connectivity index (χ3n) is 2.67. The normalized spacial score (nSPS) is 13.7. The van der Waals surface area contributed by atoms with Gasteiger partial charge in [-0.2, -0.15) is 8.42 Å². The van der Waals surface area contributed by atoms with Crippen LogP contribution in [0.25, 0.3) is 0 Å². The van der Waals surface area contributed by atoms with Gasteiger partial charge in [0.25, 0.3) is 10.1 Å². The Morgan fingerprint density at radius 2 is 1.95 bits per heavy atom. The summed E-state index contributed by atoms with van der Waals surface area (Å²) in [5.74, 6) is 0. The number of hydrogen-bond donors (Lipinski definition) is 1. The molecule has 1 atom stereocenters. The van der Waals surface area contributed by atoms with E-state index < -0.39 is 16.4 Å². The van der Waals surface area contributed by atoms with Gasteiger partial charge in [-0.1, -0.05) is 37.3 Å². The number of rotatable bonds is 8. The third kappa shape index (κ3) is 7.27. The molecule has 0 heterocycles. The van der Waals surface area contributed by atoms with Crippen molar-refractivity contribution >= 4 is 10.1 Å². The minimum absolute atomic E-state index is 0.258. The summed E-state index contributed by atoms with van der Waals surface area (Å²) in [7, 11) is -3.61. The summed E-state index contributed by atoms with van der Waals surface area (Å²) < 4.78 is 26.2. The first kappa shape index (κ1) is 16.1. The smallest absolute Gasteiger partial charge is 0.266 e. The molecule has 0 fully saturated rings. The van der Waals surface area contributed by atoms with Crippen LogP contribution in [0.4, 0.5) is 0 Å². The lowest BCUT2D eigenvalue weighted by atomic mass is 10.2. The molecule has 0 aliphatic rings. The molecule has 6 heteroatoms. The van der Waals surface area contributed by atoms with E-state index in [-0.39, 0.29) is 6.42 Å². The molecule has 108 valence electrons. The maximum atomic E-state index is 10.9. The standard InChI is InChI=1S/C13H21NO4S/c1-3-14(11-12-7-5-4-6-8-12)10-9-13(15)18-19(2,16)17/h4-8,13,15H,3,9-11H2,1-2H3. The summed E-state index contributed by atoms with van der Waals surface area (Å²) in [4.78, 5) is 2.12. The van der Waals surface area contributed by atoms with Crippen LogP contribution in [0.1, 0.15) is 18.9 Å². The average molecular weight is 287 g/mol. The molecule has 0 aromatic heterocycles. The fraction of sp³-hybridized carbons (Fsp3) is 0.538. The van der Waals surface area contributed by atoms with Crippen molar-refractivity contribution in [2.75, 3.05) is 19.3 Å². The molecule has 0 spiro atoms. The van der Waals surface area contributed by atoms with Gasteiger partial charge in [0.1, 0.15) is 0 Å². The molecule has 0 bridgehead atoms. The van der Waals surface area contributed by atoms with Gasteiger partial charge < -0.3 is 5.11 Å². The van der Waals surface area contributed by atoms with Crippen LogP contribution in [0.5, 0.6) is 0 Å². The van der Waals surface area contributed by atoms with E-state index in [1.807, 2.05) is 37.3 Å². The highest BCUT2D eigenvalue weighted by Crippen LogP contribution is 2.07. The van der Waals surface area contributed by atoms with Crippen molar-refractivity contribution in [1.82, 2.24) is 4.90 Å². The molecule has 1 aromatic rings. The fourth-order valence-corrected chi connectivity index (χ4v) is 2.23. The molecule has 1 N–H and O–H groups in total. The maximum Gasteiger partial charge on any atom is 0.266 e. The van der Waals surface area contributed by atoms with Crippen molar-refractivity contribution in [3.8, 4) is 0 Å². The number of hydrogen-bond acceptors (Lipinski definition) is 5. The zero-order valence-electron chi connectivity index (χ0n) is 11.3. The van der Waals surface area contributed by atoms with Crippen molar-refractivity contribution in [2.24, 2.45) is 0 Å². The summed E-state index contributed by atoms with van der Waals surface area (Å²) in [6, 6.07) is 9.98. The molecule has 19 heavy (non-hydrogen) atoms. The van der Waals surface area contributed by atoms with Gasteiger partial charge >= 0.3 is 0 Å². The number of aliphatic hydroxyl groups excluding tert-OH is 1. The topological polar surface area (TPSA) is 66.8 Å². The van der Waals surface area contributed by atoms with Crippen LogP contribution in [-0.2, 0) is 20.8 Å². The van der Waals surface area contributed by atoms with Crippen LogP contribution in [0.3, 0.4) is 0 Å². The van der Waals surface area contributed by atoms with Gasteiger partial charge in [-0.05, 0) is 12.1 Å². The summed E-state index contributed by atoms with van der Waals surface area (Å²) in [5, 5.41) is 9.47. The average Bonchev–Trinajstić information content (AvgIpc) is 2.33. The predicted molar refractivity (Wildman–Crippen MR) is 73.9 cm³/mol. The second-order valence-electron chi connectivity index (χ2n) is 4.40. The molecule has 1 rings (SSSR count). The van der Waals surface area contributed by atoms with E-state index in [0.29, 0.717) is 6.54 Å². The van der Waals surface area contributed by atoms with E-state index in [1.54, 1.807) is 0 Å². The summed E-state index contributed by atoms with van der Waals surface area (Å²) in [6.45, 7) is 4.18. The van der Waals surface area contributed by atoms with Crippen molar-refractivity contribution in [1.29, 1.82) is 0 Å². The van der Waals surface area contributed by atoms with Crippen LogP contribution in [-0.4, -0.2) is 44.1 Å². The van der Waals surface area contributed by atoms with Crippen molar-refractivity contribution in [3.63, 3.8) is 0 Å². The van der Waals surface area contributed by atoms with Gasteiger partial charge in [0, 0.05) is 19.5 Å². The minimum Gasteiger partial charge on any atom is -0.367 e. The van der Waals surface area contributed by atoms with Crippen molar-refractivity contribution in [3.05, 3.63) is 35.9 Å². The van der Waals surface area contributed by atoms with Gasteiger partial charge in [-0.25, -0.2) is 4.18 Å². The largest absolute Gasteiger partial charge is 0.367 e. The van der Waals surface area contributed by atoms with Crippen LogP contribution >= 0.6 is 0 Å². The molecule has 0 saturated carbocycles. The Balaban J connectivity index is 2.41. The van der Waals surface area contributed by atoms with Gasteiger partial charge in [0.15, 0.2) is 6.29 Å². The molecular formula is C13H21NO4S.